The van der Waals surface area contributed by atoms with Crippen molar-refractivity contribution in [2.24, 2.45) is 0 Å². The molecule has 1 spiro atoms. The molecule has 3 aromatic rings. The predicted molar refractivity (Wildman–Crippen MR) is 144 cm³/mol. The van der Waals surface area contributed by atoms with Gasteiger partial charge >= 0.3 is 6.03 Å². The minimum Gasteiger partial charge on any atom is -0.496 e. The van der Waals surface area contributed by atoms with Crippen LogP contribution in [0, 0.1) is 0 Å². The number of pyridine rings is 1. The lowest BCUT2D eigenvalue weighted by Crippen LogP contribution is -2.55. The maximum absolute atomic E-state index is 12.4. The quantitative estimate of drug-likeness (QED) is 0.414. The molecule has 3 N–H and O–H groups in total. The Balaban J connectivity index is 1.40. The topological polar surface area (TPSA) is 142 Å². The molecule has 1 atom stereocenters. The predicted octanol–water partition coefficient (Wildman–Crippen LogP) is 1.60. The highest BCUT2D eigenvalue weighted by atomic mass is 16.5. The molecule has 39 heavy (non-hydrogen) atoms. The lowest BCUT2D eigenvalue weighted by Gasteiger charge is -2.38. The monoisotopic (exact) mass is 533 g/mol. The first kappa shape index (κ1) is 25.3. The van der Waals surface area contributed by atoms with Crippen molar-refractivity contribution < 1.29 is 24.2 Å². The normalized spacial score (nSPS) is 20.8. The average Bonchev–Trinajstić information content (AvgIpc) is 3.23. The molecule has 2 aromatic heterocycles. The van der Waals surface area contributed by atoms with Crippen LogP contribution in [-0.2, 0) is 16.1 Å². The smallest absolute Gasteiger partial charge is 0.322 e. The van der Waals surface area contributed by atoms with E-state index in [0.29, 0.717) is 74.3 Å². The van der Waals surface area contributed by atoms with E-state index < -0.39 is 11.6 Å². The maximum atomic E-state index is 12.4. The van der Waals surface area contributed by atoms with Crippen molar-refractivity contribution >= 4 is 34.7 Å². The van der Waals surface area contributed by atoms with Gasteiger partial charge in [0.05, 0.1) is 44.1 Å². The zero-order valence-electron chi connectivity index (χ0n) is 21.9. The van der Waals surface area contributed by atoms with Crippen molar-refractivity contribution in [3.8, 4) is 17.0 Å². The van der Waals surface area contributed by atoms with E-state index in [9.17, 15) is 14.7 Å². The second kappa shape index (κ2) is 9.93. The third-order valence-corrected chi connectivity index (χ3v) is 7.83. The van der Waals surface area contributed by atoms with Gasteiger partial charge in [-0.2, -0.15) is 9.97 Å². The first-order valence-electron chi connectivity index (χ1n) is 13.1. The number of benzene rings is 1. The number of anilines is 2. The summed E-state index contributed by atoms with van der Waals surface area (Å²) in [5, 5.41) is 15.8. The highest BCUT2D eigenvalue weighted by molar-refractivity contribution is 6.07. The molecule has 3 aliphatic heterocycles. The van der Waals surface area contributed by atoms with E-state index in [4.69, 9.17) is 24.4 Å². The number of carbonyl (C=O) groups is 2. The zero-order chi connectivity index (χ0) is 27.1. The first-order chi connectivity index (χ1) is 18.9. The van der Waals surface area contributed by atoms with Gasteiger partial charge in [0.2, 0.25) is 5.95 Å². The number of piperidine rings is 1. The van der Waals surface area contributed by atoms with E-state index in [1.807, 2.05) is 35.2 Å². The number of amides is 3. The highest BCUT2D eigenvalue weighted by Crippen LogP contribution is 2.33. The minimum atomic E-state index is -0.879. The molecular weight excluding hydrogens is 502 g/mol. The molecule has 1 aromatic carbocycles. The lowest BCUT2D eigenvalue weighted by molar-refractivity contribution is -0.124. The number of urea groups is 1. The molecule has 0 saturated carbocycles. The number of fused-ring (bicyclic) bond motifs is 1. The van der Waals surface area contributed by atoms with Crippen LogP contribution in [0.4, 0.5) is 16.6 Å². The number of nitrogens with one attached hydrogen (secondary N) is 2. The van der Waals surface area contributed by atoms with E-state index in [2.05, 4.69) is 22.5 Å². The molecule has 3 fully saturated rings. The summed E-state index contributed by atoms with van der Waals surface area (Å²) in [6.45, 7) is 4.88. The molecule has 12 nitrogen and oxygen atoms in total. The van der Waals surface area contributed by atoms with Crippen LogP contribution in [0.5, 0.6) is 5.75 Å². The number of carbonyl (C=O) groups excluding carboxylic acids is 2. The van der Waals surface area contributed by atoms with Crippen LogP contribution < -0.4 is 25.2 Å². The standard InChI is InChI=1S/C27H31N7O5/c1-16-15-39-12-11-34(16)23-19-4-5-20(17-3-6-21(38-2)18(13-17)14-35)28-22(19)29-25(30-23)33-9-7-27(8-10-33)24(36)31-26(37)32-27/h3-6,13,16,35H,7-12,14-15H2,1-2H3,(H2,31,32,36,37)/t16-/m0/s1. The number of hydrogen-bond acceptors (Lipinski definition) is 10. The summed E-state index contributed by atoms with van der Waals surface area (Å²) in [6, 6.07) is 9.20. The van der Waals surface area contributed by atoms with E-state index in [-0.39, 0.29) is 18.6 Å². The summed E-state index contributed by atoms with van der Waals surface area (Å²) in [6.07, 6.45) is 0.914. The number of imide groups is 1. The lowest BCUT2D eigenvalue weighted by atomic mass is 9.88. The fraction of sp³-hybridized carbons (Fsp3) is 0.444. The number of rotatable bonds is 5. The molecule has 3 saturated heterocycles. The molecule has 5 heterocycles. The van der Waals surface area contributed by atoms with Crippen molar-refractivity contribution in [3.63, 3.8) is 0 Å². The van der Waals surface area contributed by atoms with Gasteiger partial charge in [-0.25, -0.2) is 9.78 Å². The summed E-state index contributed by atoms with van der Waals surface area (Å²) < 4.78 is 11.0. The second-order valence-corrected chi connectivity index (χ2v) is 10.2. The van der Waals surface area contributed by atoms with Crippen LogP contribution in [0.2, 0.25) is 0 Å². The van der Waals surface area contributed by atoms with Gasteiger partial charge in [0.25, 0.3) is 5.91 Å². The SMILES string of the molecule is COc1ccc(-c2ccc3c(N4CCOC[C@@H]4C)nc(N4CCC5(CC4)NC(=O)NC5=O)nc3n2)cc1CO. The molecule has 12 heteroatoms. The number of morpholine rings is 1. The molecule has 204 valence electrons. The zero-order valence-corrected chi connectivity index (χ0v) is 21.9. The van der Waals surface area contributed by atoms with Gasteiger partial charge < -0.3 is 29.7 Å². The number of aromatic nitrogens is 3. The van der Waals surface area contributed by atoms with E-state index in [0.717, 1.165) is 16.8 Å². The Bertz CT molecular complexity index is 1440. The number of hydrogen-bond donors (Lipinski definition) is 3. The maximum Gasteiger partial charge on any atom is 0.322 e. The van der Waals surface area contributed by atoms with Crippen molar-refractivity contribution in [2.75, 3.05) is 49.8 Å². The Morgan fingerprint density at radius 3 is 2.64 bits per heavy atom. The van der Waals surface area contributed by atoms with Crippen LogP contribution in [-0.4, -0.2) is 83.5 Å². The fourth-order valence-electron chi connectivity index (χ4n) is 5.58. The molecule has 0 unspecified atom stereocenters. The Kier molecular flexibility index (Phi) is 6.43. The Morgan fingerprint density at radius 1 is 1.13 bits per heavy atom. The second-order valence-electron chi connectivity index (χ2n) is 10.2. The molecule has 3 aliphatic rings. The number of methoxy groups -OCH3 is 1. The summed E-state index contributed by atoms with van der Waals surface area (Å²) in [7, 11) is 1.57. The van der Waals surface area contributed by atoms with Crippen molar-refractivity contribution in [1.82, 2.24) is 25.6 Å². The fourth-order valence-corrected chi connectivity index (χ4v) is 5.58. The van der Waals surface area contributed by atoms with Gasteiger partial charge in [-0.3, -0.25) is 10.1 Å². The largest absolute Gasteiger partial charge is 0.496 e. The summed E-state index contributed by atoms with van der Waals surface area (Å²) in [5.41, 5.74) is 1.91. The molecular formula is C27H31N7O5. The molecule has 3 amide bonds. The Labute approximate surface area is 225 Å². The van der Waals surface area contributed by atoms with Crippen molar-refractivity contribution in [3.05, 3.63) is 35.9 Å². The minimum absolute atomic E-state index is 0.125. The Hall–Kier alpha value is -4.03. The Morgan fingerprint density at radius 2 is 1.95 bits per heavy atom. The van der Waals surface area contributed by atoms with Gasteiger partial charge in [0.15, 0.2) is 5.65 Å². The van der Waals surface area contributed by atoms with Gasteiger partial charge in [0, 0.05) is 30.8 Å². The third-order valence-electron chi connectivity index (χ3n) is 7.83. The van der Waals surface area contributed by atoms with Crippen LogP contribution in [0.15, 0.2) is 30.3 Å². The van der Waals surface area contributed by atoms with E-state index in [1.165, 1.54) is 0 Å². The highest BCUT2D eigenvalue weighted by Gasteiger charge is 2.48. The van der Waals surface area contributed by atoms with Gasteiger partial charge in [-0.15, -0.1) is 0 Å². The molecule has 0 radical (unpaired) electrons. The van der Waals surface area contributed by atoms with E-state index in [1.54, 1.807) is 7.11 Å². The molecule has 0 bridgehead atoms. The average molecular weight is 534 g/mol. The number of ether oxygens (including phenoxy) is 2. The summed E-state index contributed by atoms with van der Waals surface area (Å²) >= 11 is 0. The summed E-state index contributed by atoms with van der Waals surface area (Å²) in [5.74, 6) is 1.67. The van der Waals surface area contributed by atoms with Crippen LogP contribution in [0.3, 0.4) is 0 Å². The number of aliphatic hydroxyl groups is 1. The van der Waals surface area contributed by atoms with Gasteiger partial charge in [0.1, 0.15) is 17.1 Å². The number of nitrogens with zero attached hydrogens (tertiary/aromatic N) is 5. The van der Waals surface area contributed by atoms with Crippen molar-refractivity contribution in [2.45, 2.75) is 38.0 Å². The summed E-state index contributed by atoms with van der Waals surface area (Å²) in [4.78, 5) is 43.3. The first-order valence-corrected chi connectivity index (χ1v) is 13.1. The van der Waals surface area contributed by atoms with Crippen LogP contribution >= 0.6 is 0 Å². The molecule has 6 rings (SSSR count). The van der Waals surface area contributed by atoms with Crippen molar-refractivity contribution in [1.29, 1.82) is 0 Å². The molecule has 0 aliphatic carbocycles. The van der Waals surface area contributed by atoms with Crippen LogP contribution in [0.25, 0.3) is 22.3 Å². The van der Waals surface area contributed by atoms with Gasteiger partial charge in [-0.05, 0) is 50.1 Å². The van der Waals surface area contributed by atoms with Crippen LogP contribution in [0.1, 0.15) is 25.3 Å². The van der Waals surface area contributed by atoms with Gasteiger partial charge in [-0.1, -0.05) is 0 Å². The van der Waals surface area contributed by atoms with E-state index >= 15 is 0 Å². The number of aliphatic hydroxyl groups excluding tert-OH is 1. The third kappa shape index (κ3) is 4.49.